The number of benzene rings is 1. The SMILES string of the molecule is Nc1ccc(C2CCN(Sc3cnc(C(=O)NCC(=O)O)nc3)CC2)cc1. The van der Waals surface area contributed by atoms with Gasteiger partial charge in [0.25, 0.3) is 5.91 Å². The Balaban J connectivity index is 1.49. The van der Waals surface area contributed by atoms with E-state index >= 15 is 0 Å². The Morgan fingerprint density at radius 3 is 2.41 bits per heavy atom. The number of aliphatic carboxylic acids is 1. The summed E-state index contributed by atoms with van der Waals surface area (Å²) < 4.78 is 2.26. The van der Waals surface area contributed by atoms with Crippen molar-refractivity contribution in [2.75, 3.05) is 25.4 Å². The summed E-state index contributed by atoms with van der Waals surface area (Å²) >= 11 is 1.57. The number of carboxylic acids is 1. The van der Waals surface area contributed by atoms with Gasteiger partial charge in [0.05, 0.1) is 4.90 Å². The number of aromatic nitrogens is 2. The monoisotopic (exact) mass is 387 g/mol. The van der Waals surface area contributed by atoms with Gasteiger partial charge in [-0.2, -0.15) is 0 Å². The van der Waals surface area contributed by atoms with Gasteiger partial charge in [-0.1, -0.05) is 12.1 Å². The molecule has 27 heavy (non-hydrogen) atoms. The van der Waals surface area contributed by atoms with Gasteiger partial charge in [0.15, 0.2) is 0 Å². The topological polar surface area (TPSA) is 121 Å². The lowest BCUT2D eigenvalue weighted by Crippen LogP contribution is -2.30. The van der Waals surface area contributed by atoms with Crippen LogP contribution >= 0.6 is 11.9 Å². The number of carboxylic acid groups (broad SMARTS) is 1. The summed E-state index contributed by atoms with van der Waals surface area (Å²) in [6, 6.07) is 8.10. The van der Waals surface area contributed by atoms with E-state index in [1.54, 1.807) is 24.3 Å². The zero-order valence-corrected chi connectivity index (χ0v) is 15.5. The fourth-order valence-electron chi connectivity index (χ4n) is 2.91. The van der Waals surface area contributed by atoms with Gasteiger partial charge in [0.2, 0.25) is 5.82 Å². The van der Waals surface area contributed by atoms with E-state index in [1.807, 2.05) is 12.1 Å². The normalized spacial score (nSPS) is 15.4. The maximum absolute atomic E-state index is 11.7. The van der Waals surface area contributed by atoms with E-state index in [1.165, 1.54) is 5.56 Å². The van der Waals surface area contributed by atoms with Crippen molar-refractivity contribution in [3.8, 4) is 0 Å². The predicted octanol–water partition coefficient (Wildman–Crippen LogP) is 1.76. The molecule has 0 bridgehead atoms. The molecular weight excluding hydrogens is 366 g/mol. The Morgan fingerprint density at radius 1 is 1.19 bits per heavy atom. The number of nitrogens with one attached hydrogen (secondary N) is 1. The number of amides is 1. The highest BCUT2D eigenvalue weighted by molar-refractivity contribution is 7.97. The number of nitrogen functional groups attached to an aromatic ring is 1. The van der Waals surface area contributed by atoms with Crippen molar-refractivity contribution in [2.24, 2.45) is 0 Å². The van der Waals surface area contributed by atoms with Crippen LogP contribution < -0.4 is 11.1 Å². The van der Waals surface area contributed by atoms with E-state index in [9.17, 15) is 9.59 Å². The number of carbonyl (C=O) groups is 2. The Kier molecular flexibility index (Phi) is 6.25. The first-order valence-electron chi connectivity index (χ1n) is 8.61. The van der Waals surface area contributed by atoms with Gasteiger partial charge >= 0.3 is 5.97 Å². The molecule has 0 aliphatic carbocycles. The second-order valence-electron chi connectivity index (χ2n) is 6.28. The van der Waals surface area contributed by atoms with E-state index in [0.29, 0.717) is 5.92 Å². The van der Waals surface area contributed by atoms with Crippen LogP contribution in [0.1, 0.15) is 34.9 Å². The summed E-state index contributed by atoms with van der Waals surface area (Å²) in [5.74, 6) is -1.21. The number of nitrogens with two attached hydrogens (primary N) is 1. The third kappa shape index (κ3) is 5.41. The maximum atomic E-state index is 11.7. The molecule has 142 valence electrons. The van der Waals surface area contributed by atoms with E-state index in [0.717, 1.165) is 36.5 Å². The molecule has 1 amide bonds. The number of nitrogens with zero attached hydrogens (tertiary/aromatic N) is 3. The fraction of sp³-hybridized carbons (Fsp3) is 0.333. The van der Waals surface area contributed by atoms with Crippen LogP contribution in [-0.2, 0) is 4.79 Å². The number of hydrogen-bond donors (Lipinski definition) is 3. The summed E-state index contributed by atoms with van der Waals surface area (Å²) in [6.45, 7) is 1.43. The molecule has 1 aliphatic heterocycles. The highest BCUT2D eigenvalue weighted by Gasteiger charge is 2.21. The van der Waals surface area contributed by atoms with Crippen molar-refractivity contribution < 1.29 is 14.7 Å². The third-order valence-corrected chi connectivity index (χ3v) is 5.37. The summed E-state index contributed by atoms with van der Waals surface area (Å²) in [6.07, 6.45) is 5.29. The zero-order valence-electron chi connectivity index (χ0n) is 14.7. The van der Waals surface area contributed by atoms with Crippen LogP contribution in [0.2, 0.25) is 0 Å². The maximum Gasteiger partial charge on any atom is 0.322 e. The molecule has 1 aliphatic rings. The summed E-state index contributed by atoms with van der Waals surface area (Å²) in [7, 11) is 0. The molecule has 4 N–H and O–H groups in total. The molecule has 1 fully saturated rings. The average molecular weight is 387 g/mol. The summed E-state index contributed by atoms with van der Waals surface area (Å²) in [5.41, 5.74) is 7.86. The van der Waals surface area contributed by atoms with Crippen molar-refractivity contribution in [1.29, 1.82) is 0 Å². The first-order chi connectivity index (χ1) is 13.0. The van der Waals surface area contributed by atoms with Crippen molar-refractivity contribution in [3.05, 3.63) is 48.0 Å². The number of anilines is 1. The van der Waals surface area contributed by atoms with Crippen LogP contribution in [0.4, 0.5) is 5.69 Å². The lowest BCUT2D eigenvalue weighted by atomic mass is 9.90. The van der Waals surface area contributed by atoms with Crippen LogP contribution in [0.5, 0.6) is 0 Å². The quantitative estimate of drug-likeness (QED) is 0.506. The molecule has 2 aromatic rings. The number of piperidine rings is 1. The zero-order chi connectivity index (χ0) is 19.2. The number of hydrogen-bond acceptors (Lipinski definition) is 7. The molecule has 0 atom stereocenters. The van der Waals surface area contributed by atoms with E-state index in [4.69, 9.17) is 10.8 Å². The van der Waals surface area contributed by atoms with Crippen LogP contribution in [-0.4, -0.2) is 50.9 Å². The Morgan fingerprint density at radius 2 is 1.81 bits per heavy atom. The van der Waals surface area contributed by atoms with E-state index in [-0.39, 0.29) is 5.82 Å². The molecule has 1 aromatic carbocycles. The van der Waals surface area contributed by atoms with Crippen molar-refractivity contribution in [1.82, 2.24) is 19.6 Å². The summed E-state index contributed by atoms with van der Waals surface area (Å²) in [4.78, 5) is 31.1. The highest BCUT2D eigenvalue weighted by atomic mass is 32.2. The fourth-order valence-corrected chi connectivity index (χ4v) is 3.80. The van der Waals surface area contributed by atoms with Gasteiger partial charge in [-0.3, -0.25) is 9.59 Å². The average Bonchev–Trinajstić information content (AvgIpc) is 2.68. The van der Waals surface area contributed by atoms with Gasteiger partial charge < -0.3 is 16.2 Å². The minimum Gasteiger partial charge on any atom is -0.480 e. The van der Waals surface area contributed by atoms with Crippen molar-refractivity contribution in [3.63, 3.8) is 0 Å². The molecule has 0 saturated carbocycles. The lowest BCUT2D eigenvalue weighted by molar-refractivity contribution is -0.135. The minimum atomic E-state index is -1.11. The molecule has 1 aromatic heterocycles. The van der Waals surface area contributed by atoms with Crippen LogP contribution in [0.3, 0.4) is 0 Å². The van der Waals surface area contributed by atoms with Gasteiger partial charge in [-0.05, 0) is 48.4 Å². The molecule has 3 rings (SSSR count). The molecule has 0 unspecified atom stereocenters. The first kappa shape index (κ1) is 19.1. The van der Waals surface area contributed by atoms with E-state index < -0.39 is 18.4 Å². The molecule has 0 spiro atoms. The number of rotatable bonds is 6. The molecule has 2 heterocycles. The standard InChI is InChI=1S/C18H21N5O3S/c19-14-3-1-12(2-4-14)13-5-7-23(8-6-13)27-15-9-20-17(21-10-15)18(26)22-11-16(24)25/h1-4,9-10,13H,5-8,11,19H2,(H,22,26)(H,24,25). The Labute approximate surface area is 161 Å². The second kappa shape index (κ2) is 8.83. The molecular formula is C18H21N5O3S. The van der Waals surface area contributed by atoms with Crippen LogP contribution in [0.25, 0.3) is 0 Å². The Hall–Kier alpha value is -2.65. The minimum absolute atomic E-state index is 0.0392. The number of carbonyl (C=O) groups excluding carboxylic acids is 1. The van der Waals surface area contributed by atoms with Crippen LogP contribution in [0.15, 0.2) is 41.6 Å². The Bertz CT molecular complexity index is 790. The van der Waals surface area contributed by atoms with Crippen LogP contribution in [0, 0.1) is 0 Å². The first-order valence-corrected chi connectivity index (χ1v) is 9.39. The predicted molar refractivity (Wildman–Crippen MR) is 102 cm³/mol. The van der Waals surface area contributed by atoms with Gasteiger partial charge in [0.1, 0.15) is 6.54 Å². The third-order valence-electron chi connectivity index (χ3n) is 4.33. The van der Waals surface area contributed by atoms with E-state index in [2.05, 4.69) is 31.7 Å². The molecule has 0 radical (unpaired) electrons. The van der Waals surface area contributed by atoms with Gasteiger partial charge in [0, 0.05) is 31.2 Å². The lowest BCUT2D eigenvalue weighted by Gasteiger charge is -2.31. The molecule has 9 heteroatoms. The van der Waals surface area contributed by atoms with Gasteiger partial charge in [-0.15, -0.1) is 0 Å². The second-order valence-corrected chi connectivity index (χ2v) is 7.45. The smallest absolute Gasteiger partial charge is 0.322 e. The van der Waals surface area contributed by atoms with Crippen molar-refractivity contribution in [2.45, 2.75) is 23.7 Å². The largest absolute Gasteiger partial charge is 0.480 e. The highest BCUT2D eigenvalue weighted by Crippen LogP contribution is 2.33. The molecule has 8 nitrogen and oxygen atoms in total. The molecule has 1 saturated heterocycles. The van der Waals surface area contributed by atoms with Crippen molar-refractivity contribution >= 4 is 29.5 Å². The van der Waals surface area contributed by atoms with Gasteiger partial charge in [-0.25, -0.2) is 14.3 Å². The summed E-state index contributed by atoms with van der Waals surface area (Å²) in [5, 5.41) is 10.8.